The topological polar surface area (TPSA) is 63.6 Å². The number of nitrogens with one attached hydrogen (secondary N) is 1. The van der Waals surface area contributed by atoms with Gasteiger partial charge in [0.15, 0.2) is 11.2 Å². The second-order valence-electron chi connectivity index (χ2n) is 5.67. The summed E-state index contributed by atoms with van der Waals surface area (Å²) < 4.78 is 42.0. The molecule has 10 heteroatoms. The van der Waals surface area contributed by atoms with E-state index in [1.165, 1.54) is 11.8 Å². The van der Waals surface area contributed by atoms with Crippen LogP contribution in [-0.4, -0.2) is 32.5 Å². The fourth-order valence-electron chi connectivity index (χ4n) is 2.44. The Morgan fingerprint density at radius 3 is 2.27 bits per heavy atom. The molecule has 1 aromatic carbocycles. The summed E-state index contributed by atoms with van der Waals surface area (Å²) in [5.74, 6) is -3.23. The molecule has 2 aromatic heterocycles. The Balaban J connectivity index is 2.40. The van der Waals surface area contributed by atoms with Gasteiger partial charge in [0.05, 0.1) is 16.8 Å². The van der Waals surface area contributed by atoms with Gasteiger partial charge in [-0.2, -0.15) is 4.98 Å². The standard InChI is InChI=1S/C16H13ClF3N5S/c1-6(2)21-12-11(10-8(19)4-7(18)5-9(10)20)14(17)22-15-13(12)24-25-16(23-15)26-3/h4-6H,1-3H3,(H,21,22,23,25). The Kier molecular flexibility index (Phi) is 5.19. The zero-order valence-electron chi connectivity index (χ0n) is 13.9. The van der Waals surface area contributed by atoms with E-state index in [2.05, 4.69) is 25.5 Å². The number of hydrogen-bond donors (Lipinski definition) is 1. The van der Waals surface area contributed by atoms with Crippen LogP contribution in [0.3, 0.4) is 0 Å². The van der Waals surface area contributed by atoms with Crippen LogP contribution in [0.15, 0.2) is 17.3 Å². The second-order valence-corrected chi connectivity index (χ2v) is 6.80. The van der Waals surface area contributed by atoms with E-state index in [-0.39, 0.29) is 33.6 Å². The third kappa shape index (κ3) is 3.41. The van der Waals surface area contributed by atoms with Crippen molar-refractivity contribution >= 4 is 40.2 Å². The molecule has 0 amide bonds. The SMILES string of the molecule is CSc1nnc2c(NC(C)C)c(-c3c(F)cc(F)cc3F)c(Cl)nc2n1. The summed E-state index contributed by atoms with van der Waals surface area (Å²) in [5, 5.41) is 11.3. The molecule has 0 saturated carbocycles. The molecular formula is C16H13ClF3N5S. The van der Waals surface area contributed by atoms with Crippen LogP contribution in [0.1, 0.15) is 13.8 Å². The smallest absolute Gasteiger partial charge is 0.210 e. The largest absolute Gasteiger partial charge is 0.380 e. The maximum absolute atomic E-state index is 14.4. The maximum Gasteiger partial charge on any atom is 0.210 e. The predicted octanol–water partition coefficient (Wildman–Crippen LogP) is 4.70. The zero-order chi connectivity index (χ0) is 19.0. The summed E-state index contributed by atoms with van der Waals surface area (Å²) in [6, 6.07) is 1.04. The van der Waals surface area contributed by atoms with Gasteiger partial charge in [0, 0.05) is 18.2 Å². The number of pyridine rings is 1. The molecular weight excluding hydrogens is 387 g/mol. The normalized spacial score (nSPS) is 11.4. The number of hydrogen-bond acceptors (Lipinski definition) is 6. The lowest BCUT2D eigenvalue weighted by atomic mass is 10.0. The van der Waals surface area contributed by atoms with E-state index in [9.17, 15) is 13.2 Å². The monoisotopic (exact) mass is 399 g/mol. The number of fused-ring (bicyclic) bond motifs is 1. The lowest BCUT2D eigenvalue weighted by Crippen LogP contribution is -2.13. The van der Waals surface area contributed by atoms with Gasteiger partial charge in [0.25, 0.3) is 0 Å². The van der Waals surface area contributed by atoms with Gasteiger partial charge in [-0.15, -0.1) is 10.2 Å². The van der Waals surface area contributed by atoms with Crippen molar-refractivity contribution in [3.8, 4) is 11.1 Å². The number of aromatic nitrogens is 4. The van der Waals surface area contributed by atoms with E-state index >= 15 is 0 Å². The van der Waals surface area contributed by atoms with Crippen molar-refractivity contribution in [3.63, 3.8) is 0 Å². The molecule has 1 N–H and O–H groups in total. The summed E-state index contributed by atoms with van der Waals surface area (Å²) in [4.78, 5) is 8.33. The highest BCUT2D eigenvalue weighted by Crippen LogP contribution is 2.40. The first-order chi connectivity index (χ1) is 12.3. The molecule has 0 aliphatic heterocycles. The molecule has 0 saturated heterocycles. The summed E-state index contributed by atoms with van der Waals surface area (Å²) in [6.07, 6.45) is 1.77. The van der Waals surface area contributed by atoms with E-state index in [1.54, 1.807) is 6.26 Å². The predicted molar refractivity (Wildman–Crippen MR) is 96.0 cm³/mol. The number of nitrogens with zero attached hydrogens (tertiary/aromatic N) is 4. The molecule has 0 aliphatic rings. The van der Waals surface area contributed by atoms with Crippen molar-refractivity contribution < 1.29 is 13.2 Å². The highest BCUT2D eigenvalue weighted by atomic mass is 35.5. The van der Waals surface area contributed by atoms with Gasteiger partial charge in [0.2, 0.25) is 5.16 Å². The molecule has 0 fully saturated rings. The Morgan fingerprint density at radius 1 is 1.04 bits per heavy atom. The third-order valence-corrected chi connectivity index (χ3v) is 4.23. The van der Waals surface area contributed by atoms with Crippen LogP contribution in [0.4, 0.5) is 18.9 Å². The van der Waals surface area contributed by atoms with Crippen LogP contribution >= 0.6 is 23.4 Å². The highest BCUT2D eigenvalue weighted by molar-refractivity contribution is 7.98. The third-order valence-electron chi connectivity index (χ3n) is 3.42. The molecule has 0 unspecified atom stereocenters. The summed E-state index contributed by atoms with van der Waals surface area (Å²) in [5.41, 5.74) is 0.0656. The Hall–Kier alpha value is -2.13. The molecule has 0 spiro atoms. The van der Waals surface area contributed by atoms with E-state index in [0.717, 1.165) is 0 Å². The fraction of sp³-hybridized carbons (Fsp3) is 0.250. The summed E-state index contributed by atoms with van der Waals surface area (Å²) in [6.45, 7) is 3.66. The average molecular weight is 400 g/mol. The number of rotatable bonds is 4. The second kappa shape index (κ2) is 7.24. The lowest BCUT2D eigenvalue weighted by Gasteiger charge is -2.18. The van der Waals surface area contributed by atoms with Crippen molar-refractivity contribution in [2.45, 2.75) is 25.0 Å². The van der Waals surface area contributed by atoms with Crippen molar-refractivity contribution in [2.75, 3.05) is 11.6 Å². The molecule has 0 aliphatic carbocycles. The zero-order valence-corrected chi connectivity index (χ0v) is 15.5. The van der Waals surface area contributed by atoms with Crippen LogP contribution in [0, 0.1) is 17.5 Å². The quantitative estimate of drug-likeness (QED) is 0.506. The minimum atomic E-state index is -1.10. The van der Waals surface area contributed by atoms with Crippen LogP contribution in [0.2, 0.25) is 5.15 Å². The van der Waals surface area contributed by atoms with Gasteiger partial charge in [-0.3, -0.25) is 0 Å². The summed E-state index contributed by atoms with van der Waals surface area (Å²) >= 11 is 7.50. The van der Waals surface area contributed by atoms with E-state index < -0.39 is 23.0 Å². The molecule has 3 rings (SSSR count). The average Bonchev–Trinajstić information content (AvgIpc) is 2.55. The van der Waals surface area contributed by atoms with Crippen LogP contribution < -0.4 is 5.32 Å². The molecule has 5 nitrogen and oxygen atoms in total. The van der Waals surface area contributed by atoms with Crippen molar-refractivity contribution in [1.82, 2.24) is 20.2 Å². The van der Waals surface area contributed by atoms with Crippen molar-refractivity contribution in [1.29, 1.82) is 0 Å². The maximum atomic E-state index is 14.4. The van der Waals surface area contributed by atoms with Crippen LogP contribution in [0.5, 0.6) is 0 Å². The highest BCUT2D eigenvalue weighted by Gasteiger charge is 2.24. The molecule has 3 aromatic rings. The first-order valence-electron chi connectivity index (χ1n) is 7.51. The van der Waals surface area contributed by atoms with E-state index in [1.807, 2.05) is 13.8 Å². The van der Waals surface area contributed by atoms with Gasteiger partial charge in [-0.05, 0) is 20.1 Å². The fourth-order valence-corrected chi connectivity index (χ4v) is 3.01. The molecule has 26 heavy (non-hydrogen) atoms. The first-order valence-corrected chi connectivity index (χ1v) is 9.11. The number of halogens is 4. The Morgan fingerprint density at radius 2 is 1.69 bits per heavy atom. The van der Waals surface area contributed by atoms with Crippen LogP contribution in [0.25, 0.3) is 22.3 Å². The van der Waals surface area contributed by atoms with Gasteiger partial charge in [-0.25, -0.2) is 18.2 Å². The van der Waals surface area contributed by atoms with E-state index in [0.29, 0.717) is 17.3 Å². The number of benzene rings is 1. The van der Waals surface area contributed by atoms with Crippen molar-refractivity contribution in [2.24, 2.45) is 0 Å². The Labute approximate surface area is 156 Å². The number of anilines is 1. The molecule has 0 atom stereocenters. The molecule has 0 bridgehead atoms. The minimum Gasteiger partial charge on any atom is -0.380 e. The van der Waals surface area contributed by atoms with Gasteiger partial charge < -0.3 is 5.32 Å². The van der Waals surface area contributed by atoms with Crippen LogP contribution in [-0.2, 0) is 0 Å². The Bertz CT molecular complexity index is 976. The molecule has 0 radical (unpaired) electrons. The van der Waals surface area contributed by atoms with Gasteiger partial charge >= 0.3 is 0 Å². The first kappa shape index (κ1) is 18.7. The minimum absolute atomic E-state index is 0.0594. The molecule has 2 heterocycles. The van der Waals surface area contributed by atoms with E-state index in [4.69, 9.17) is 11.6 Å². The molecule has 136 valence electrons. The lowest BCUT2D eigenvalue weighted by molar-refractivity contribution is 0.548. The summed E-state index contributed by atoms with van der Waals surface area (Å²) in [7, 11) is 0. The van der Waals surface area contributed by atoms with Crippen molar-refractivity contribution in [3.05, 3.63) is 34.7 Å². The van der Waals surface area contributed by atoms with Gasteiger partial charge in [0.1, 0.15) is 22.6 Å². The van der Waals surface area contributed by atoms with Gasteiger partial charge in [-0.1, -0.05) is 23.4 Å². The number of thioether (sulfide) groups is 1.